The summed E-state index contributed by atoms with van der Waals surface area (Å²) in [6.07, 6.45) is 0.958. The van der Waals surface area contributed by atoms with Gasteiger partial charge in [-0.15, -0.1) is 0 Å². The molecule has 0 aliphatic heterocycles. The third kappa shape index (κ3) is 3.03. The van der Waals surface area contributed by atoms with Gasteiger partial charge in [-0.25, -0.2) is 0 Å². The second-order valence-corrected chi connectivity index (χ2v) is 4.26. The van der Waals surface area contributed by atoms with Crippen LogP contribution in [0.25, 0.3) is 0 Å². The minimum Gasteiger partial charge on any atom is -0.495 e. The minimum absolute atomic E-state index is 0.398. The molecule has 1 atom stereocenters. The lowest BCUT2D eigenvalue weighted by atomic mass is 10.2. The summed E-state index contributed by atoms with van der Waals surface area (Å²) >= 11 is 6.08. The molecular formula is C12H19ClN2O. The summed E-state index contributed by atoms with van der Waals surface area (Å²) in [5.74, 6) is 0.699. The number of nitrogens with two attached hydrogens (primary N) is 1. The largest absolute Gasteiger partial charge is 0.495 e. The smallest absolute Gasteiger partial charge is 0.137 e. The van der Waals surface area contributed by atoms with Crippen LogP contribution in [0.1, 0.15) is 13.3 Å². The van der Waals surface area contributed by atoms with E-state index >= 15 is 0 Å². The van der Waals surface area contributed by atoms with Gasteiger partial charge in [0.15, 0.2) is 0 Å². The Morgan fingerprint density at radius 3 is 2.69 bits per heavy atom. The van der Waals surface area contributed by atoms with Gasteiger partial charge in [-0.2, -0.15) is 0 Å². The molecule has 0 aromatic heterocycles. The molecule has 3 nitrogen and oxygen atoms in total. The van der Waals surface area contributed by atoms with Gasteiger partial charge in [-0.1, -0.05) is 11.6 Å². The molecule has 0 spiro atoms. The van der Waals surface area contributed by atoms with E-state index in [4.69, 9.17) is 22.1 Å². The van der Waals surface area contributed by atoms with Gasteiger partial charge in [0.25, 0.3) is 0 Å². The van der Waals surface area contributed by atoms with Crippen molar-refractivity contribution in [1.82, 2.24) is 0 Å². The summed E-state index contributed by atoms with van der Waals surface area (Å²) < 4.78 is 5.12. The second-order valence-electron chi connectivity index (χ2n) is 3.86. The van der Waals surface area contributed by atoms with Crippen LogP contribution in [0.5, 0.6) is 5.75 Å². The van der Waals surface area contributed by atoms with Crippen molar-refractivity contribution in [3.63, 3.8) is 0 Å². The first kappa shape index (κ1) is 13.1. The van der Waals surface area contributed by atoms with E-state index in [1.807, 2.05) is 25.2 Å². The minimum atomic E-state index is 0.398. The number of nitrogens with zero attached hydrogens (tertiary/aromatic N) is 1. The Morgan fingerprint density at radius 2 is 2.19 bits per heavy atom. The molecule has 0 bridgehead atoms. The molecule has 0 amide bonds. The summed E-state index contributed by atoms with van der Waals surface area (Å²) in [6, 6.07) is 6.18. The molecule has 1 aromatic carbocycles. The van der Waals surface area contributed by atoms with E-state index in [0.717, 1.165) is 12.1 Å². The fourth-order valence-corrected chi connectivity index (χ4v) is 1.82. The second kappa shape index (κ2) is 5.97. The van der Waals surface area contributed by atoms with Gasteiger partial charge in [-0.05, 0) is 38.1 Å². The third-order valence-corrected chi connectivity index (χ3v) is 3.08. The van der Waals surface area contributed by atoms with Crippen LogP contribution in [0.2, 0.25) is 5.02 Å². The number of hydrogen-bond acceptors (Lipinski definition) is 3. The molecule has 1 rings (SSSR count). The van der Waals surface area contributed by atoms with Crippen LogP contribution in [0.3, 0.4) is 0 Å². The van der Waals surface area contributed by atoms with Crippen LogP contribution >= 0.6 is 11.6 Å². The quantitative estimate of drug-likeness (QED) is 0.863. The number of methoxy groups -OCH3 is 1. The van der Waals surface area contributed by atoms with Crippen LogP contribution in [0, 0.1) is 0 Å². The van der Waals surface area contributed by atoms with Crippen LogP contribution in [0.4, 0.5) is 5.69 Å². The van der Waals surface area contributed by atoms with Crippen LogP contribution in [-0.4, -0.2) is 26.7 Å². The fourth-order valence-electron chi connectivity index (χ4n) is 1.56. The van der Waals surface area contributed by atoms with Crippen LogP contribution in [-0.2, 0) is 0 Å². The molecule has 2 N–H and O–H groups in total. The van der Waals surface area contributed by atoms with E-state index in [1.54, 1.807) is 7.11 Å². The Labute approximate surface area is 102 Å². The third-order valence-electron chi connectivity index (χ3n) is 2.79. The summed E-state index contributed by atoms with van der Waals surface area (Å²) in [5, 5.41) is 0.631. The Bertz CT molecular complexity index is 344. The maximum absolute atomic E-state index is 6.08. The Morgan fingerprint density at radius 1 is 1.50 bits per heavy atom. The molecule has 0 aliphatic carbocycles. The van der Waals surface area contributed by atoms with Gasteiger partial charge < -0.3 is 15.4 Å². The first-order chi connectivity index (χ1) is 7.60. The number of hydrogen-bond donors (Lipinski definition) is 1. The first-order valence-corrected chi connectivity index (χ1v) is 5.74. The molecule has 0 heterocycles. The summed E-state index contributed by atoms with van der Waals surface area (Å²) in [7, 11) is 3.65. The van der Waals surface area contributed by atoms with Crippen molar-refractivity contribution in [2.24, 2.45) is 5.73 Å². The molecule has 0 radical (unpaired) electrons. The van der Waals surface area contributed by atoms with Gasteiger partial charge in [0.1, 0.15) is 5.75 Å². The van der Waals surface area contributed by atoms with Crippen LogP contribution in [0.15, 0.2) is 18.2 Å². The molecule has 16 heavy (non-hydrogen) atoms. The number of halogens is 1. The SMILES string of the molecule is COc1ccc(N(C)C(C)CCN)cc1Cl. The highest BCUT2D eigenvalue weighted by Crippen LogP contribution is 2.29. The fraction of sp³-hybridized carbons (Fsp3) is 0.500. The molecule has 1 unspecified atom stereocenters. The van der Waals surface area contributed by atoms with Gasteiger partial charge in [0.05, 0.1) is 12.1 Å². The van der Waals surface area contributed by atoms with E-state index < -0.39 is 0 Å². The topological polar surface area (TPSA) is 38.5 Å². The zero-order valence-electron chi connectivity index (χ0n) is 10.0. The number of ether oxygens (including phenoxy) is 1. The summed E-state index contributed by atoms with van der Waals surface area (Å²) in [4.78, 5) is 2.16. The molecule has 90 valence electrons. The van der Waals surface area contributed by atoms with Crippen LogP contribution < -0.4 is 15.4 Å². The van der Waals surface area contributed by atoms with E-state index in [0.29, 0.717) is 23.4 Å². The van der Waals surface area contributed by atoms with E-state index in [2.05, 4.69) is 11.8 Å². The van der Waals surface area contributed by atoms with E-state index in [-0.39, 0.29) is 0 Å². The molecule has 4 heteroatoms. The zero-order valence-corrected chi connectivity index (χ0v) is 10.8. The van der Waals surface area contributed by atoms with Gasteiger partial charge in [0, 0.05) is 18.8 Å². The van der Waals surface area contributed by atoms with E-state index in [1.165, 1.54) is 0 Å². The first-order valence-electron chi connectivity index (χ1n) is 5.36. The average molecular weight is 243 g/mol. The lowest BCUT2D eigenvalue weighted by Crippen LogP contribution is -2.30. The van der Waals surface area contributed by atoms with Gasteiger partial charge in [-0.3, -0.25) is 0 Å². The van der Waals surface area contributed by atoms with Gasteiger partial charge >= 0.3 is 0 Å². The Hall–Kier alpha value is -0.930. The molecule has 0 aliphatic rings. The maximum Gasteiger partial charge on any atom is 0.137 e. The zero-order chi connectivity index (χ0) is 12.1. The molecule has 0 fully saturated rings. The molecule has 1 aromatic rings. The Balaban J connectivity index is 2.84. The van der Waals surface area contributed by atoms with Crippen molar-refractivity contribution in [3.05, 3.63) is 23.2 Å². The monoisotopic (exact) mass is 242 g/mol. The summed E-state index contributed by atoms with van der Waals surface area (Å²) in [5.41, 5.74) is 6.62. The van der Waals surface area contributed by atoms with Crippen molar-refractivity contribution >= 4 is 17.3 Å². The number of anilines is 1. The van der Waals surface area contributed by atoms with Crippen molar-refractivity contribution in [2.75, 3.05) is 25.6 Å². The number of rotatable bonds is 5. The Kier molecular flexibility index (Phi) is 4.90. The molecular weight excluding hydrogens is 224 g/mol. The van der Waals surface area contributed by atoms with E-state index in [9.17, 15) is 0 Å². The lowest BCUT2D eigenvalue weighted by Gasteiger charge is -2.27. The highest BCUT2D eigenvalue weighted by Gasteiger charge is 2.10. The molecule has 0 saturated heterocycles. The predicted octanol–water partition coefficient (Wildman–Crippen LogP) is 2.52. The standard InChI is InChI=1S/C12H19ClN2O/c1-9(6-7-14)15(2)10-4-5-12(16-3)11(13)8-10/h4-5,8-9H,6-7,14H2,1-3H3. The predicted molar refractivity (Wildman–Crippen MR) is 69.5 cm³/mol. The maximum atomic E-state index is 6.08. The van der Waals surface area contributed by atoms with Crippen molar-refractivity contribution in [2.45, 2.75) is 19.4 Å². The normalized spacial score (nSPS) is 12.3. The van der Waals surface area contributed by atoms with Gasteiger partial charge in [0.2, 0.25) is 0 Å². The van der Waals surface area contributed by atoms with Crippen molar-refractivity contribution in [1.29, 1.82) is 0 Å². The highest BCUT2D eigenvalue weighted by molar-refractivity contribution is 6.32. The highest BCUT2D eigenvalue weighted by atomic mass is 35.5. The van der Waals surface area contributed by atoms with Crippen molar-refractivity contribution < 1.29 is 4.74 Å². The summed E-state index contributed by atoms with van der Waals surface area (Å²) in [6.45, 7) is 2.83. The lowest BCUT2D eigenvalue weighted by molar-refractivity contribution is 0.415. The average Bonchev–Trinajstić information content (AvgIpc) is 2.28. The van der Waals surface area contributed by atoms with Crippen molar-refractivity contribution in [3.8, 4) is 5.75 Å². The number of benzene rings is 1. The molecule has 0 saturated carbocycles.